The number of hydrogen-bond donors (Lipinski definition) is 1. The van der Waals surface area contributed by atoms with E-state index >= 15 is 0 Å². The molecule has 0 aromatic carbocycles. The number of nitrogens with one attached hydrogen (secondary N) is 1. The smallest absolute Gasteiger partial charge is 0.267 e. The molecule has 68 valence electrons. The minimum Gasteiger partial charge on any atom is -0.412 e. The van der Waals surface area contributed by atoms with Crippen LogP contribution < -0.4 is 5.56 Å². The molecule has 1 rings (SSSR count). The zero-order chi connectivity index (χ0) is 5.11. The molecule has 1 aromatic rings. The van der Waals surface area contributed by atoms with Crippen molar-refractivity contribution in [1.29, 1.82) is 0 Å². The molecule has 0 bridgehead atoms. The number of nitrogens with zero attached hydrogens (tertiary/aromatic N) is 2. The van der Waals surface area contributed by atoms with E-state index in [0.717, 1.165) is 0 Å². The van der Waals surface area contributed by atoms with Gasteiger partial charge in [0, 0.05) is 6.07 Å². The van der Waals surface area contributed by atoms with Gasteiger partial charge < -0.3 is 16.4 Å². The third-order valence-electron chi connectivity index (χ3n) is 0.511. The highest BCUT2D eigenvalue weighted by molar-refractivity contribution is 5.85. The summed E-state index contributed by atoms with van der Waals surface area (Å²) < 4.78 is 0. The molecule has 0 saturated carbocycles. The Labute approximate surface area is 67.8 Å². The Morgan fingerprint density at radius 2 is 1.82 bits per heavy atom. The van der Waals surface area contributed by atoms with E-state index < -0.39 is 0 Å². The van der Waals surface area contributed by atoms with Gasteiger partial charge in [0.15, 0.2) is 0 Å². The summed E-state index contributed by atoms with van der Waals surface area (Å²) in [7, 11) is 0. The van der Waals surface area contributed by atoms with Crippen molar-refractivity contribution in [3.8, 4) is 0 Å². The Morgan fingerprint density at radius 1 is 1.27 bits per heavy atom. The van der Waals surface area contributed by atoms with Crippen LogP contribution in [0.5, 0.6) is 0 Å². The SMILES string of the molecule is Cl.O.O.O.O=c1ccnn[nH]1. The monoisotopic (exact) mass is 187 g/mol. The second-order valence-corrected chi connectivity index (χ2v) is 1.01. The Hall–Kier alpha value is -1.02. The van der Waals surface area contributed by atoms with Crippen LogP contribution >= 0.6 is 12.4 Å². The van der Waals surface area contributed by atoms with E-state index in [0.29, 0.717) is 0 Å². The molecule has 11 heavy (non-hydrogen) atoms. The summed E-state index contributed by atoms with van der Waals surface area (Å²) in [6.07, 6.45) is 1.33. The summed E-state index contributed by atoms with van der Waals surface area (Å²) in [6.45, 7) is 0. The summed E-state index contributed by atoms with van der Waals surface area (Å²) in [6, 6.07) is 1.30. The lowest BCUT2D eigenvalue weighted by molar-refractivity contribution is 0.823. The second kappa shape index (κ2) is 11.7. The van der Waals surface area contributed by atoms with Crippen LogP contribution in [0, 0.1) is 0 Å². The molecular weight excluding hydrogens is 178 g/mol. The van der Waals surface area contributed by atoms with E-state index in [9.17, 15) is 4.79 Å². The van der Waals surface area contributed by atoms with E-state index in [2.05, 4.69) is 15.4 Å². The van der Waals surface area contributed by atoms with Gasteiger partial charge in [-0.05, 0) is 0 Å². The lowest BCUT2D eigenvalue weighted by atomic mass is 10.7. The first-order valence-corrected chi connectivity index (χ1v) is 1.76. The molecule has 0 aliphatic rings. The van der Waals surface area contributed by atoms with Gasteiger partial charge in [0.2, 0.25) is 0 Å². The standard InChI is InChI=1S/C3H3N3O.ClH.3H2O/c7-3-1-2-4-6-5-3;;;;/h1-2H,(H,4,5,7);1H;3*1H2. The quantitative estimate of drug-likeness (QED) is 0.464. The summed E-state index contributed by atoms with van der Waals surface area (Å²) >= 11 is 0. The minimum absolute atomic E-state index is 0. The van der Waals surface area contributed by atoms with Crippen LogP contribution in [0.25, 0.3) is 0 Å². The molecule has 0 saturated heterocycles. The maximum atomic E-state index is 10.1. The van der Waals surface area contributed by atoms with Crippen molar-refractivity contribution in [2.24, 2.45) is 0 Å². The van der Waals surface area contributed by atoms with Gasteiger partial charge in [-0.15, -0.1) is 17.5 Å². The first-order valence-electron chi connectivity index (χ1n) is 1.76. The van der Waals surface area contributed by atoms with Crippen molar-refractivity contribution in [2.75, 3.05) is 0 Å². The van der Waals surface area contributed by atoms with Crippen molar-refractivity contribution in [3.63, 3.8) is 0 Å². The largest absolute Gasteiger partial charge is 0.412 e. The number of aromatic amines is 1. The number of halogens is 1. The van der Waals surface area contributed by atoms with Crippen molar-refractivity contribution >= 4 is 12.4 Å². The molecule has 0 aliphatic carbocycles. The first-order chi connectivity index (χ1) is 3.39. The molecule has 0 aliphatic heterocycles. The van der Waals surface area contributed by atoms with Gasteiger partial charge in [-0.1, -0.05) is 5.21 Å². The van der Waals surface area contributed by atoms with Crippen LogP contribution in [-0.2, 0) is 0 Å². The molecule has 1 heterocycles. The molecule has 0 atom stereocenters. The zero-order valence-corrected chi connectivity index (χ0v) is 6.18. The molecule has 1 aromatic heterocycles. The van der Waals surface area contributed by atoms with E-state index in [1.165, 1.54) is 12.3 Å². The van der Waals surface area contributed by atoms with Gasteiger partial charge in [0.25, 0.3) is 5.56 Å². The van der Waals surface area contributed by atoms with E-state index in [-0.39, 0.29) is 34.4 Å². The van der Waals surface area contributed by atoms with Crippen LogP contribution in [0.2, 0.25) is 0 Å². The molecule has 7 N–H and O–H groups in total. The topological polar surface area (TPSA) is 153 Å². The summed E-state index contributed by atoms with van der Waals surface area (Å²) in [5.74, 6) is 0. The van der Waals surface area contributed by atoms with Gasteiger partial charge in [-0.3, -0.25) is 4.79 Å². The van der Waals surface area contributed by atoms with Crippen molar-refractivity contribution in [1.82, 2.24) is 15.4 Å². The van der Waals surface area contributed by atoms with Crippen LogP contribution in [0.15, 0.2) is 17.1 Å². The van der Waals surface area contributed by atoms with Crippen LogP contribution in [0.3, 0.4) is 0 Å². The Kier molecular flexibility index (Phi) is 24.0. The van der Waals surface area contributed by atoms with Crippen LogP contribution in [-0.4, -0.2) is 31.8 Å². The lowest BCUT2D eigenvalue weighted by Crippen LogP contribution is -2.05. The van der Waals surface area contributed by atoms with Crippen molar-refractivity contribution in [2.45, 2.75) is 0 Å². The number of aromatic nitrogens is 3. The Balaban J connectivity index is -0.0000000612. The van der Waals surface area contributed by atoms with Crippen LogP contribution in [0.1, 0.15) is 0 Å². The molecule has 0 spiro atoms. The maximum Gasteiger partial charge on any atom is 0.267 e. The molecule has 0 amide bonds. The van der Waals surface area contributed by atoms with Gasteiger partial charge in [-0.25, -0.2) is 5.10 Å². The molecule has 0 radical (unpaired) electrons. The fourth-order valence-corrected chi connectivity index (χ4v) is 0.250. The fraction of sp³-hybridized carbons (Fsp3) is 0. The maximum absolute atomic E-state index is 10.1. The van der Waals surface area contributed by atoms with Crippen LogP contribution in [0.4, 0.5) is 0 Å². The Morgan fingerprint density at radius 3 is 2.00 bits per heavy atom. The first kappa shape index (κ1) is 22.5. The van der Waals surface area contributed by atoms with Gasteiger partial charge in [0.1, 0.15) is 0 Å². The van der Waals surface area contributed by atoms with E-state index in [1.807, 2.05) is 0 Å². The zero-order valence-electron chi connectivity index (χ0n) is 5.37. The predicted octanol–water partition coefficient (Wildman–Crippen LogP) is -2.89. The molecule has 8 heteroatoms. The lowest BCUT2D eigenvalue weighted by Gasteiger charge is -1.71. The predicted molar refractivity (Wildman–Crippen MR) is 40.7 cm³/mol. The van der Waals surface area contributed by atoms with E-state index in [1.54, 1.807) is 0 Å². The van der Waals surface area contributed by atoms with E-state index in [4.69, 9.17) is 0 Å². The normalized spacial score (nSPS) is 5.45. The van der Waals surface area contributed by atoms with Gasteiger partial charge in [0.05, 0.1) is 6.20 Å². The summed E-state index contributed by atoms with van der Waals surface area (Å²) in [5.41, 5.74) is -0.227. The number of rotatable bonds is 0. The van der Waals surface area contributed by atoms with Crippen molar-refractivity contribution < 1.29 is 16.4 Å². The Bertz CT molecular complexity index is 186. The number of H-pyrrole nitrogens is 1. The molecule has 0 fully saturated rings. The fourth-order valence-electron chi connectivity index (χ4n) is 0.250. The molecule has 0 unspecified atom stereocenters. The highest BCUT2D eigenvalue weighted by atomic mass is 35.5. The molecule has 7 nitrogen and oxygen atoms in total. The number of hydrogen-bond acceptors (Lipinski definition) is 3. The van der Waals surface area contributed by atoms with Gasteiger partial charge >= 0.3 is 0 Å². The highest BCUT2D eigenvalue weighted by Gasteiger charge is 1.71. The highest BCUT2D eigenvalue weighted by Crippen LogP contribution is 1.52. The van der Waals surface area contributed by atoms with Gasteiger partial charge in [-0.2, -0.15) is 0 Å². The average Bonchev–Trinajstić information content (AvgIpc) is 1.69. The van der Waals surface area contributed by atoms with Crippen molar-refractivity contribution in [3.05, 3.63) is 22.6 Å². The average molecular weight is 188 g/mol. The third-order valence-corrected chi connectivity index (χ3v) is 0.511. The summed E-state index contributed by atoms with van der Waals surface area (Å²) in [5, 5.41) is 8.65. The summed E-state index contributed by atoms with van der Waals surface area (Å²) in [4.78, 5) is 10.1. The molecular formula is C3H10ClN3O4. The minimum atomic E-state index is -0.227. The second-order valence-electron chi connectivity index (χ2n) is 1.01. The third kappa shape index (κ3) is 8.98.